The summed E-state index contributed by atoms with van der Waals surface area (Å²) in [5.41, 5.74) is 8.19. The molecular weight excluding hydrogens is 150 g/mol. The fraction of sp³-hybridized carbons (Fsp3) is 0.300. The van der Waals surface area contributed by atoms with Gasteiger partial charge in [0.25, 0.3) is 0 Å². The van der Waals surface area contributed by atoms with E-state index in [2.05, 4.69) is 0 Å². The zero-order chi connectivity index (χ0) is 8.72. The van der Waals surface area contributed by atoms with Crippen molar-refractivity contribution in [3.05, 3.63) is 29.3 Å². The Hall–Kier alpha value is -1.31. The summed E-state index contributed by atoms with van der Waals surface area (Å²) >= 11 is 0. The molecule has 0 saturated heterocycles. The lowest BCUT2D eigenvalue weighted by atomic mass is 10.1. The van der Waals surface area contributed by atoms with Crippen LogP contribution in [0.2, 0.25) is 0 Å². The van der Waals surface area contributed by atoms with Crippen LogP contribution in [0.5, 0.6) is 0 Å². The highest BCUT2D eigenvalue weighted by atomic mass is 16.1. The van der Waals surface area contributed by atoms with Crippen LogP contribution in [0, 0.1) is 5.92 Å². The third-order valence-electron chi connectivity index (χ3n) is 2.40. The topological polar surface area (TPSA) is 43.1 Å². The van der Waals surface area contributed by atoms with E-state index in [9.17, 15) is 4.79 Å². The van der Waals surface area contributed by atoms with Gasteiger partial charge in [-0.05, 0) is 18.1 Å². The maximum Gasteiger partial charge on any atom is 0.168 e. The van der Waals surface area contributed by atoms with Gasteiger partial charge in [0.05, 0.1) is 0 Å². The van der Waals surface area contributed by atoms with Gasteiger partial charge in [0.1, 0.15) is 0 Å². The number of nitrogens with two attached hydrogens (primary N) is 1. The molecule has 0 bridgehead atoms. The summed E-state index contributed by atoms with van der Waals surface area (Å²) in [4.78, 5) is 11.5. The van der Waals surface area contributed by atoms with Crippen LogP contribution < -0.4 is 5.73 Å². The Labute approximate surface area is 71.4 Å². The van der Waals surface area contributed by atoms with Crippen molar-refractivity contribution >= 4 is 11.5 Å². The van der Waals surface area contributed by atoms with Gasteiger partial charge in [0, 0.05) is 17.2 Å². The van der Waals surface area contributed by atoms with Gasteiger partial charge in [-0.25, -0.2) is 0 Å². The minimum atomic E-state index is 0.115. The number of hydrogen-bond acceptors (Lipinski definition) is 2. The quantitative estimate of drug-likeness (QED) is 0.588. The van der Waals surface area contributed by atoms with Crippen LogP contribution in [0.4, 0.5) is 5.69 Å². The number of hydrogen-bond donors (Lipinski definition) is 1. The number of fused-ring (bicyclic) bond motifs is 1. The SMILES string of the molecule is CC1Cc2cccc(N)c2C1=O. The zero-order valence-electron chi connectivity index (χ0n) is 7.00. The van der Waals surface area contributed by atoms with Crippen molar-refractivity contribution < 1.29 is 4.79 Å². The second-order valence-corrected chi connectivity index (χ2v) is 3.35. The molecule has 0 heterocycles. The van der Waals surface area contributed by atoms with Crippen molar-refractivity contribution in [1.82, 2.24) is 0 Å². The Morgan fingerprint density at radius 2 is 2.25 bits per heavy atom. The average Bonchev–Trinajstić information content (AvgIpc) is 2.29. The van der Waals surface area contributed by atoms with Gasteiger partial charge >= 0.3 is 0 Å². The number of Topliss-reactive ketones (excluding diaryl/α,β-unsaturated/α-hetero) is 1. The molecule has 1 unspecified atom stereocenters. The van der Waals surface area contributed by atoms with Crippen LogP contribution >= 0.6 is 0 Å². The summed E-state index contributed by atoms with van der Waals surface area (Å²) in [5.74, 6) is 0.313. The third kappa shape index (κ3) is 0.843. The van der Waals surface area contributed by atoms with E-state index in [-0.39, 0.29) is 11.7 Å². The highest BCUT2D eigenvalue weighted by Crippen LogP contribution is 2.30. The Morgan fingerprint density at radius 3 is 2.92 bits per heavy atom. The molecule has 0 spiro atoms. The molecule has 1 aromatic rings. The van der Waals surface area contributed by atoms with E-state index in [1.807, 2.05) is 19.1 Å². The first-order valence-electron chi connectivity index (χ1n) is 4.11. The molecule has 2 N–H and O–H groups in total. The standard InChI is InChI=1S/C10H11NO/c1-6-5-7-3-2-4-8(11)9(7)10(6)12/h2-4,6H,5,11H2,1H3. The van der Waals surface area contributed by atoms with Crippen LogP contribution in [0.25, 0.3) is 0 Å². The van der Waals surface area contributed by atoms with Gasteiger partial charge in [-0.15, -0.1) is 0 Å². The van der Waals surface area contributed by atoms with E-state index in [1.54, 1.807) is 6.07 Å². The van der Waals surface area contributed by atoms with Crippen molar-refractivity contribution in [1.29, 1.82) is 0 Å². The van der Waals surface area contributed by atoms with Gasteiger partial charge in [-0.1, -0.05) is 19.1 Å². The minimum Gasteiger partial charge on any atom is -0.398 e. The molecule has 1 aliphatic rings. The summed E-state index contributed by atoms with van der Waals surface area (Å²) < 4.78 is 0. The van der Waals surface area contributed by atoms with Gasteiger partial charge in [0.15, 0.2) is 5.78 Å². The second kappa shape index (κ2) is 2.34. The van der Waals surface area contributed by atoms with E-state index in [0.29, 0.717) is 5.69 Å². The van der Waals surface area contributed by atoms with Gasteiger partial charge in [-0.3, -0.25) is 4.79 Å². The van der Waals surface area contributed by atoms with Crippen molar-refractivity contribution in [2.24, 2.45) is 5.92 Å². The zero-order valence-corrected chi connectivity index (χ0v) is 7.00. The van der Waals surface area contributed by atoms with Crippen molar-refractivity contribution in [2.75, 3.05) is 5.73 Å². The average molecular weight is 161 g/mol. The number of rotatable bonds is 0. The lowest BCUT2D eigenvalue weighted by Gasteiger charge is -2.00. The largest absolute Gasteiger partial charge is 0.398 e. The van der Waals surface area contributed by atoms with Crippen LogP contribution in [-0.2, 0) is 6.42 Å². The van der Waals surface area contributed by atoms with Crippen LogP contribution in [0.3, 0.4) is 0 Å². The van der Waals surface area contributed by atoms with Crippen molar-refractivity contribution in [3.8, 4) is 0 Å². The molecular formula is C10H11NO. The highest BCUT2D eigenvalue weighted by Gasteiger charge is 2.28. The Bertz CT molecular complexity index is 344. The Kier molecular flexibility index (Phi) is 1.43. The predicted molar refractivity (Wildman–Crippen MR) is 48.1 cm³/mol. The molecule has 62 valence electrons. The number of anilines is 1. The summed E-state index contributed by atoms with van der Waals surface area (Å²) in [7, 11) is 0. The molecule has 12 heavy (non-hydrogen) atoms. The third-order valence-corrected chi connectivity index (χ3v) is 2.40. The molecule has 1 atom stereocenters. The molecule has 2 rings (SSSR count). The summed E-state index contributed by atoms with van der Waals surface area (Å²) in [5, 5.41) is 0. The number of benzene rings is 1. The normalized spacial score (nSPS) is 21.1. The molecule has 2 heteroatoms. The number of nitrogen functional groups attached to an aromatic ring is 1. The Morgan fingerprint density at radius 1 is 1.50 bits per heavy atom. The van der Waals surface area contributed by atoms with Gasteiger partial charge in [0.2, 0.25) is 0 Å². The monoisotopic (exact) mass is 161 g/mol. The highest BCUT2D eigenvalue weighted by molar-refractivity contribution is 6.06. The molecule has 1 aromatic carbocycles. The van der Waals surface area contributed by atoms with Gasteiger partial charge < -0.3 is 5.73 Å². The second-order valence-electron chi connectivity index (χ2n) is 3.35. The van der Waals surface area contributed by atoms with Crippen LogP contribution in [0.15, 0.2) is 18.2 Å². The Balaban J connectivity index is 2.62. The van der Waals surface area contributed by atoms with E-state index >= 15 is 0 Å². The first kappa shape index (κ1) is 7.35. The summed E-state index contributed by atoms with van der Waals surface area (Å²) in [6.07, 6.45) is 0.846. The molecule has 0 saturated carbocycles. The minimum absolute atomic E-state index is 0.115. The number of carbonyl (C=O) groups is 1. The summed E-state index contributed by atoms with van der Waals surface area (Å²) in [6.45, 7) is 1.95. The fourth-order valence-corrected chi connectivity index (χ4v) is 1.76. The smallest absolute Gasteiger partial charge is 0.168 e. The lowest BCUT2D eigenvalue weighted by molar-refractivity contribution is 0.0947. The molecule has 0 fully saturated rings. The van der Waals surface area contributed by atoms with Crippen molar-refractivity contribution in [2.45, 2.75) is 13.3 Å². The van der Waals surface area contributed by atoms with E-state index in [1.165, 1.54) is 0 Å². The van der Waals surface area contributed by atoms with Crippen LogP contribution in [0.1, 0.15) is 22.8 Å². The first-order chi connectivity index (χ1) is 5.70. The first-order valence-corrected chi connectivity index (χ1v) is 4.11. The van der Waals surface area contributed by atoms with E-state index < -0.39 is 0 Å². The summed E-state index contributed by atoms with van der Waals surface area (Å²) in [6, 6.07) is 5.67. The van der Waals surface area contributed by atoms with Gasteiger partial charge in [-0.2, -0.15) is 0 Å². The lowest BCUT2D eigenvalue weighted by Crippen LogP contribution is -2.05. The maximum atomic E-state index is 11.5. The van der Waals surface area contributed by atoms with E-state index in [4.69, 9.17) is 5.73 Å². The molecule has 0 aliphatic heterocycles. The molecule has 0 amide bonds. The molecule has 0 aromatic heterocycles. The maximum absolute atomic E-state index is 11.5. The molecule has 2 nitrogen and oxygen atoms in total. The van der Waals surface area contributed by atoms with E-state index in [0.717, 1.165) is 17.5 Å². The van der Waals surface area contributed by atoms with Crippen LogP contribution in [-0.4, -0.2) is 5.78 Å². The molecule has 1 aliphatic carbocycles. The molecule has 0 radical (unpaired) electrons. The number of carbonyl (C=O) groups excluding carboxylic acids is 1. The predicted octanol–water partition coefficient (Wildman–Crippen LogP) is 1.64. The van der Waals surface area contributed by atoms with Crippen molar-refractivity contribution in [3.63, 3.8) is 0 Å². The number of ketones is 1. The fourth-order valence-electron chi connectivity index (χ4n) is 1.76.